The van der Waals surface area contributed by atoms with Crippen LogP contribution >= 0.6 is 0 Å². The Labute approximate surface area is 162 Å². The van der Waals surface area contributed by atoms with Gasteiger partial charge in [0, 0.05) is 19.0 Å². The summed E-state index contributed by atoms with van der Waals surface area (Å²) < 4.78 is 39.8. The number of H-pyrrole nitrogens is 1. The molecule has 1 fully saturated rings. The number of halogens is 3. The van der Waals surface area contributed by atoms with Crippen molar-refractivity contribution in [3.63, 3.8) is 0 Å². The number of hydrogen-bond acceptors (Lipinski definition) is 5. The normalized spacial score (nSPS) is 17.6. The van der Waals surface area contributed by atoms with E-state index in [0.29, 0.717) is 19.4 Å². The van der Waals surface area contributed by atoms with Crippen molar-refractivity contribution in [2.24, 2.45) is 0 Å². The van der Waals surface area contributed by atoms with Gasteiger partial charge in [-0.25, -0.2) is 9.67 Å². The summed E-state index contributed by atoms with van der Waals surface area (Å²) in [5.74, 6) is -2.15. The summed E-state index contributed by atoms with van der Waals surface area (Å²) in [5, 5.41) is 7.85. The molecule has 1 unspecified atom stereocenters. The molecule has 2 aromatic heterocycles. The number of nitrogens with one attached hydrogen (secondary N) is 1. The van der Waals surface area contributed by atoms with Gasteiger partial charge in [0.25, 0.3) is 5.56 Å². The minimum absolute atomic E-state index is 0.0226. The maximum Gasteiger partial charge on any atom is 0.471 e. The number of carbonyl (C=O) groups excluding carboxylic acids is 1. The van der Waals surface area contributed by atoms with Crippen LogP contribution < -0.4 is 5.56 Å². The number of fused-ring (bicyclic) bond motifs is 1. The van der Waals surface area contributed by atoms with Crippen LogP contribution in [0.4, 0.5) is 13.2 Å². The quantitative estimate of drug-likeness (QED) is 0.716. The van der Waals surface area contributed by atoms with Crippen molar-refractivity contribution in [2.75, 3.05) is 13.1 Å². The van der Waals surface area contributed by atoms with Crippen LogP contribution in [-0.2, 0) is 11.3 Å². The van der Waals surface area contributed by atoms with Gasteiger partial charge in [-0.2, -0.15) is 13.2 Å². The highest BCUT2D eigenvalue weighted by atomic mass is 19.4. The standard InChI is InChI=1S/C18H17F3N6O2/c19-18(20,21)17(29)26-8-4-7-12(10-26)14-22-15-13(16(28)23-14)24-25-27(15)9-11-5-2-1-3-6-11/h1-3,5-6,12H,4,7-10H2,(H,22,23,28). The van der Waals surface area contributed by atoms with Gasteiger partial charge in [0.2, 0.25) is 0 Å². The Morgan fingerprint density at radius 3 is 2.72 bits per heavy atom. The molecular formula is C18H17F3N6O2. The van der Waals surface area contributed by atoms with E-state index in [1.807, 2.05) is 30.3 Å². The highest BCUT2D eigenvalue weighted by molar-refractivity contribution is 5.82. The summed E-state index contributed by atoms with van der Waals surface area (Å²) >= 11 is 0. The molecule has 3 aromatic rings. The second kappa shape index (κ2) is 7.30. The molecule has 0 aliphatic carbocycles. The molecule has 1 N–H and O–H groups in total. The van der Waals surface area contributed by atoms with Gasteiger partial charge in [-0.15, -0.1) is 5.10 Å². The Kier molecular flexibility index (Phi) is 4.81. The molecule has 0 bridgehead atoms. The van der Waals surface area contributed by atoms with Crippen LogP contribution in [0.15, 0.2) is 35.1 Å². The topological polar surface area (TPSA) is 96.8 Å². The van der Waals surface area contributed by atoms with Crippen molar-refractivity contribution in [1.82, 2.24) is 29.9 Å². The number of likely N-dealkylation sites (tertiary alicyclic amines) is 1. The average Bonchev–Trinajstić information content (AvgIpc) is 3.11. The molecule has 0 saturated carbocycles. The second-order valence-electron chi connectivity index (χ2n) is 6.94. The maximum atomic E-state index is 12.8. The number of rotatable bonds is 3. The zero-order valence-electron chi connectivity index (χ0n) is 15.2. The number of amides is 1. The summed E-state index contributed by atoms with van der Waals surface area (Å²) in [7, 11) is 0. The second-order valence-corrected chi connectivity index (χ2v) is 6.94. The number of alkyl halides is 3. The highest BCUT2D eigenvalue weighted by Crippen LogP contribution is 2.28. The van der Waals surface area contributed by atoms with Gasteiger partial charge < -0.3 is 9.88 Å². The summed E-state index contributed by atoms with van der Waals surface area (Å²) in [6.45, 7) is 0.207. The molecule has 1 atom stereocenters. The van der Waals surface area contributed by atoms with Crippen molar-refractivity contribution in [2.45, 2.75) is 31.5 Å². The molecule has 0 radical (unpaired) electrons. The fraction of sp³-hybridized carbons (Fsp3) is 0.389. The van der Waals surface area contributed by atoms with Gasteiger partial charge >= 0.3 is 12.1 Å². The minimum Gasteiger partial charge on any atom is -0.334 e. The molecule has 11 heteroatoms. The van der Waals surface area contributed by atoms with Crippen LogP contribution in [0.25, 0.3) is 11.2 Å². The van der Waals surface area contributed by atoms with Crippen molar-refractivity contribution in [3.8, 4) is 0 Å². The van der Waals surface area contributed by atoms with Crippen LogP contribution in [-0.4, -0.2) is 55.0 Å². The van der Waals surface area contributed by atoms with Gasteiger partial charge in [0.05, 0.1) is 6.54 Å². The van der Waals surface area contributed by atoms with Crippen LogP contribution in [0.1, 0.15) is 30.1 Å². The van der Waals surface area contributed by atoms with Crippen molar-refractivity contribution < 1.29 is 18.0 Å². The van der Waals surface area contributed by atoms with E-state index in [-0.39, 0.29) is 30.1 Å². The molecular weight excluding hydrogens is 389 g/mol. The Hall–Kier alpha value is -3.24. The van der Waals surface area contributed by atoms with E-state index in [1.54, 1.807) is 0 Å². The predicted octanol–water partition coefficient (Wildman–Crippen LogP) is 1.83. The Morgan fingerprint density at radius 1 is 1.24 bits per heavy atom. The molecule has 3 heterocycles. The first kappa shape index (κ1) is 19.1. The molecule has 1 aliphatic rings. The first-order valence-electron chi connectivity index (χ1n) is 9.06. The zero-order valence-corrected chi connectivity index (χ0v) is 15.2. The summed E-state index contributed by atoms with van der Waals surface area (Å²) in [5.41, 5.74) is 0.738. The Balaban J connectivity index is 1.65. The van der Waals surface area contributed by atoms with Gasteiger partial charge in [0.15, 0.2) is 11.2 Å². The largest absolute Gasteiger partial charge is 0.471 e. The van der Waals surface area contributed by atoms with Crippen molar-refractivity contribution in [3.05, 3.63) is 52.1 Å². The van der Waals surface area contributed by atoms with Crippen LogP contribution in [0.5, 0.6) is 0 Å². The monoisotopic (exact) mass is 406 g/mol. The average molecular weight is 406 g/mol. The molecule has 152 valence electrons. The minimum atomic E-state index is -4.93. The fourth-order valence-corrected chi connectivity index (χ4v) is 3.50. The molecule has 1 aliphatic heterocycles. The SMILES string of the molecule is O=C(N1CCCC(c2nc3c(nnn3Cc3ccccc3)c(=O)[nH]2)C1)C(F)(F)F. The first-order chi connectivity index (χ1) is 13.8. The van der Waals surface area contributed by atoms with E-state index >= 15 is 0 Å². The lowest BCUT2D eigenvalue weighted by Crippen LogP contribution is -2.46. The molecule has 4 rings (SSSR count). The molecule has 1 amide bonds. The third-order valence-electron chi connectivity index (χ3n) is 4.90. The van der Waals surface area contributed by atoms with Crippen molar-refractivity contribution >= 4 is 17.1 Å². The summed E-state index contributed by atoms with van der Waals surface area (Å²) in [6, 6.07) is 9.40. The van der Waals surface area contributed by atoms with Gasteiger partial charge in [-0.05, 0) is 18.4 Å². The van der Waals surface area contributed by atoms with Crippen LogP contribution in [0.2, 0.25) is 0 Å². The number of benzene rings is 1. The predicted molar refractivity (Wildman–Crippen MR) is 96.1 cm³/mol. The van der Waals surface area contributed by atoms with Crippen molar-refractivity contribution in [1.29, 1.82) is 0 Å². The molecule has 1 saturated heterocycles. The third-order valence-corrected chi connectivity index (χ3v) is 4.90. The van der Waals surface area contributed by atoms with E-state index in [0.717, 1.165) is 10.5 Å². The molecule has 8 nitrogen and oxygen atoms in total. The first-order valence-corrected chi connectivity index (χ1v) is 9.06. The number of piperidine rings is 1. The lowest BCUT2D eigenvalue weighted by molar-refractivity contribution is -0.186. The third kappa shape index (κ3) is 3.84. The van der Waals surface area contributed by atoms with E-state index in [2.05, 4.69) is 20.3 Å². The number of carbonyl (C=O) groups is 1. The summed E-state index contributed by atoms with van der Waals surface area (Å²) in [6.07, 6.45) is -4.03. The van der Waals surface area contributed by atoms with Gasteiger partial charge in [-0.1, -0.05) is 35.5 Å². The lowest BCUT2D eigenvalue weighted by atomic mass is 9.97. The van der Waals surface area contributed by atoms with E-state index in [4.69, 9.17) is 0 Å². The Morgan fingerprint density at radius 2 is 2.00 bits per heavy atom. The number of nitrogens with zero attached hydrogens (tertiary/aromatic N) is 5. The molecule has 1 aromatic carbocycles. The number of aromatic amines is 1. The van der Waals surface area contributed by atoms with Crippen LogP contribution in [0.3, 0.4) is 0 Å². The Bertz CT molecular complexity index is 1090. The highest BCUT2D eigenvalue weighted by Gasteiger charge is 2.44. The molecule has 29 heavy (non-hydrogen) atoms. The number of hydrogen-bond donors (Lipinski definition) is 1. The fourth-order valence-electron chi connectivity index (χ4n) is 3.50. The smallest absolute Gasteiger partial charge is 0.334 e. The number of aromatic nitrogens is 5. The summed E-state index contributed by atoms with van der Waals surface area (Å²) in [4.78, 5) is 31.8. The lowest BCUT2D eigenvalue weighted by Gasteiger charge is -2.32. The van der Waals surface area contributed by atoms with Crippen LogP contribution in [0, 0.1) is 0 Å². The van der Waals surface area contributed by atoms with Gasteiger partial charge in [-0.3, -0.25) is 9.59 Å². The maximum absolute atomic E-state index is 12.8. The van der Waals surface area contributed by atoms with Gasteiger partial charge in [0.1, 0.15) is 5.82 Å². The molecule has 0 spiro atoms. The van der Waals surface area contributed by atoms with E-state index < -0.39 is 23.6 Å². The van der Waals surface area contributed by atoms with E-state index in [1.165, 1.54) is 4.68 Å². The van der Waals surface area contributed by atoms with E-state index in [9.17, 15) is 22.8 Å². The zero-order chi connectivity index (χ0) is 20.6.